The third-order valence-corrected chi connectivity index (χ3v) is 5.00. The second-order valence-corrected chi connectivity index (χ2v) is 7.14. The molecule has 150 valence electrons. The molecule has 1 heterocycles. The zero-order valence-corrected chi connectivity index (χ0v) is 15.8. The summed E-state index contributed by atoms with van der Waals surface area (Å²) in [4.78, 5) is 22.8. The van der Waals surface area contributed by atoms with Crippen molar-refractivity contribution < 1.29 is 27.5 Å². The summed E-state index contributed by atoms with van der Waals surface area (Å²) in [6.07, 6.45) is -4.41. The number of thiophene rings is 1. The first-order chi connectivity index (χ1) is 13.8. The summed E-state index contributed by atoms with van der Waals surface area (Å²) in [5.41, 5.74) is 0.963. The van der Waals surface area contributed by atoms with Crippen LogP contribution in [0.1, 0.15) is 24.9 Å². The SMILES string of the molecule is O=C(NCCc1ccc(Oc2ccccc2)cc1)c1ccc(C(=O)C(F)(F)F)s1. The lowest BCUT2D eigenvalue weighted by atomic mass is 10.1. The number of para-hydroxylation sites is 1. The summed E-state index contributed by atoms with van der Waals surface area (Å²) in [5.74, 6) is -1.05. The Hall–Kier alpha value is -3.13. The van der Waals surface area contributed by atoms with Gasteiger partial charge in [0.05, 0.1) is 9.75 Å². The Morgan fingerprint density at radius 1 is 0.862 bits per heavy atom. The van der Waals surface area contributed by atoms with Gasteiger partial charge in [0, 0.05) is 6.54 Å². The molecule has 0 aliphatic carbocycles. The molecule has 0 radical (unpaired) electrons. The Morgan fingerprint density at radius 3 is 2.14 bits per heavy atom. The predicted octanol–water partition coefficient (Wildman–Crippen LogP) is 5.26. The topological polar surface area (TPSA) is 55.4 Å². The van der Waals surface area contributed by atoms with E-state index in [1.165, 1.54) is 6.07 Å². The van der Waals surface area contributed by atoms with Gasteiger partial charge >= 0.3 is 6.18 Å². The number of halogens is 3. The lowest BCUT2D eigenvalue weighted by Crippen LogP contribution is -2.25. The smallest absolute Gasteiger partial charge is 0.455 e. The number of benzene rings is 2. The predicted molar refractivity (Wildman–Crippen MR) is 104 cm³/mol. The molecular weight excluding hydrogens is 403 g/mol. The lowest BCUT2D eigenvalue weighted by Gasteiger charge is -2.07. The Kier molecular flexibility index (Phi) is 6.33. The molecule has 0 saturated heterocycles. The number of ketones is 1. The average Bonchev–Trinajstić information content (AvgIpc) is 3.19. The second kappa shape index (κ2) is 8.91. The summed E-state index contributed by atoms with van der Waals surface area (Å²) in [6.45, 7) is 0.304. The maximum Gasteiger partial charge on any atom is 0.455 e. The lowest BCUT2D eigenvalue weighted by molar-refractivity contribution is -0.0882. The van der Waals surface area contributed by atoms with Gasteiger partial charge in [0.25, 0.3) is 11.7 Å². The van der Waals surface area contributed by atoms with Gasteiger partial charge in [0.2, 0.25) is 0 Å². The van der Waals surface area contributed by atoms with Gasteiger partial charge in [-0.05, 0) is 48.4 Å². The molecule has 1 aromatic heterocycles. The number of rotatable bonds is 7. The van der Waals surface area contributed by atoms with Crippen LogP contribution in [0.4, 0.5) is 13.2 Å². The minimum atomic E-state index is -4.95. The van der Waals surface area contributed by atoms with Crippen molar-refractivity contribution in [1.82, 2.24) is 5.32 Å². The molecule has 0 unspecified atom stereocenters. The standard InChI is InChI=1S/C21H16F3NO3S/c22-21(23,24)19(26)17-10-11-18(29-17)20(27)25-13-12-14-6-8-16(9-7-14)28-15-4-2-1-3-5-15/h1-11H,12-13H2,(H,25,27). The van der Waals surface area contributed by atoms with E-state index in [1.807, 2.05) is 54.6 Å². The van der Waals surface area contributed by atoms with Crippen LogP contribution >= 0.6 is 11.3 Å². The molecule has 2 aromatic carbocycles. The Labute approximate surface area is 168 Å². The molecule has 4 nitrogen and oxygen atoms in total. The maximum absolute atomic E-state index is 12.4. The second-order valence-electron chi connectivity index (χ2n) is 6.06. The molecule has 3 aromatic rings. The van der Waals surface area contributed by atoms with E-state index in [-0.39, 0.29) is 4.88 Å². The maximum atomic E-state index is 12.4. The molecule has 0 bridgehead atoms. The number of ether oxygens (including phenoxy) is 1. The fourth-order valence-corrected chi connectivity index (χ4v) is 3.36. The van der Waals surface area contributed by atoms with Gasteiger partial charge in [-0.3, -0.25) is 9.59 Å². The summed E-state index contributed by atoms with van der Waals surface area (Å²) in [6, 6.07) is 19.0. The highest BCUT2D eigenvalue weighted by Gasteiger charge is 2.40. The van der Waals surface area contributed by atoms with Crippen LogP contribution in [-0.4, -0.2) is 24.4 Å². The highest BCUT2D eigenvalue weighted by Crippen LogP contribution is 2.26. The highest BCUT2D eigenvalue weighted by molar-refractivity contribution is 7.16. The number of hydrogen-bond donors (Lipinski definition) is 1. The largest absolute Gasteiger partial charge is 0.457 e. The van der Waals surface area contributed by atoms with Crippen molar-refractivity contribution in [1.29, 1.82) is 0 Å². The van der Waals surface area contributed by atoms with Gasteiger partial charge in [-0.25, -0.2) is 0 Å². The molecule has 0 spiro atoms. The van der Waals surface area contributed by atoms with Crippen molar-refractivity contribution in [3.63, 3.8) is 0 Å². The van der Waals surface area contributed by atoms with Crippen LogP contribution in [0.5, 0.6) is 11.5 Å². The first-order valence-electron chi connectivity index (χ1n) is 8.64. The van der Waals surface area contributed by atoms with Crippen LogP contribution in [0.25, 0.3) is 0 Å². The van der Waals surface area contributed by atoms with Crippen molar-refractivity contribution in [3.05, 3.63) is 82.0 Å². The van der Waals surface area contributed by atoms with E-state index in [4.69, 9.17) is 4.74 Å². The quantitative estimate of drug-likeness (QED) is 0.532. The number of nitrogens with one attached hydrogen (secondary N) is 1. The molecule has 0 aliphatic rings. The number of amides is 1. The van der Waals surface area contributed by atoms with Crippen LogP contribution in [0.3, 0.4) is 0 Å². The van der Waals surface area contributed by atoms with Gasteiger partial charge in [-0.2, -0.15) is 13.2 Å². The van der Waals surface area contributed by atoms with E-state index in [0.717, 1.165) is 17.4 Å². The van der Waals surface area contributed by atoms with E-state index in [0.29, 0.717) is 30.1 Å². The highest BCUT2D eigenvalue weighted by atomic mass is 32.1. The first-order valence-corrected chi connectivity index (χ1v) is 9.46. The van der Waals surface area contributed by atoms with Gasteiger partial charge in [-0.15, -0.1) is 11.3 Å². The molecule has 3 rings (SSSR count). The minimum Gasteiger partial charge on any atom is -0.457 e. The molecule has 0 atom stereocenters. The van der Waals surface area contributed by atoms with E-state index in [1.54, 1.807) is 0 Å². The van der Waals surface area contributed by atoms with Crippen LogP contribution in [0.15, 0.2) is 66.7 Å². The molecule has 0 fully saturated rings. The molecule has 29 heavy (non-hydrogen) atoms. The number of carbonyl (C=O) groups excluding carboxylic acids is 2. The summed E-state index contributed by atoms with van der Waals surface area (Å²) >= 11 is 0.527. The fourth-order valence-electron chi connectivity index (χ4n) is 2.48. The van der Waals surface area contributed by atoms with Gasteiger partial charge < -0.3 is 10.1 Å². The summed E-state index contributed by atoms with van der Waals surface area (Å²) < 4.78 is 43.0. The van der Waals surface area contributed by atoms with E-state index in [2.05, 4.69) is 5.32 Å². The molecule has 0 aliphatic heterocycles. The summed E-state index contributed by atoms with van der Waals surface area (Å²) in [5, 5.41) is 2.64. The molecule has 1 N–H and O–H groups in total. The number of alkyl halides is 3. The van der Waals surface area contributed by atoms with Crippen LogP contribution in [0.2, 0.25) is 0 Å². The van der Waals surface area contributed by atoms with Crippen molar-refractivity contribution in [2.45, 2.75) is 12.6 Å². The van der Waals surface area contributed by atoms with Gasteiger partial charge in [-0.1, -0.05) is 30.3 Å². The first kappa shape index (κ1) is 20.6. The summed E-state index contributed by atoms with van der Waals surface area (Å²) in [7, 11) is 0. The number of carbonyl (C=O) groups is 2. The van der Waals surface area contributed by atoms with E-state index in [9.17, 15) is 22.8 Å². The Bertz CT molecular complexity index is 982. The third kappa shape index (κ3) is 5.68. The van der Waals surface area contributed by atoms with E-state index >= 15 is 0 Å². The molecule has 1 amide bonds. The zero-order chi connectivity index (χ0) is 20.9. The van der Waals surface area contributed by atoms with Crippen LogP contribution in [0, 0.1) is 0 Å². The number of Topliss-reactive ketones (excluding diaryl/α,β-unsaturated/α-hetero) is 1. The third-order valence-electron chi connectivity index (χ3n) is 3.91. The number of hydrogen-bond acceptors (Lipinski definition) is 4. The van der Waals surface area contributed by atoms with Crippen molar-refractivity contribution in [2.75, 3.05) is 6.54 Å². The average molecular weight is 419 g/mol. The minimum absolute atomic E-state index is 0.0595. The van der Waals surface area contributed by atoms with Crippen molar-refractivity contribution in [2.24, 2.45) is 0 Å². The van der Waals surface area contributed by atoms with Gasteiger partial charge in [0.15, 0.2) is 0 Å². The van der Waals surface area contributed by atoms with Crippen LogP contribution in [-0.2, 0) is 6.42 Å². The van der Waals surface area contributed by atoms with Crippen molar-refractivity contribution in [3.8, 4) is 11.5 Å². The van der Waals surface area contributed by atoms with Crippen molar-refractivity contribution >= 4 is 23.0 Å². The Morgan fingerprint density at radius 2 is 1.48 bits per heavy atom. The molecule has 0 saturated carbocycles. The van der Waals surface area contributed by atoms with Gasteiger partial charge in [0.1, 0.15) is 11.5 Å². The zero-order valence-electron chi connectivity index (χ0n) is 15.0. The fraction of sp³-hybridized carbons (Fsp3) is 0.143. The normalized spacial score (nSPS) is 11.1. The molecule has 8 heteroatoms. The molecular formula is C21H16F3NO3S. The Balaban J connectivity index is 1.49. The van der Waals surface area contributed by atoms with Crippen LogP contribution < -0.4 is 10.1 Å². The van der Waals surface area contributed by atoms with E-state index < -0.39 is 22.7 Å². The monoisotopic (exact) mass is 419 g/mol.